The molecule has 1 N–H and O–H groups in total. The Bertz CT molecular complexity index is 1080. The SMILES string of the molecule is Cc1cc(/C=C(\C#N)C(=O)NC(C)C)c(C)n1-c1ccc2ccccc2c1. The number of aromatic nitrogens is 1. The summed E-state index contributed by atoms with van der Waals surface area (Å²) < 4.78 is 2.15. The molecule has 0 aliphatic rings. The first-order valence-corrected chi connectivity index (χ1v) is 9.01. The third-order valence-electron chi connectivity index (χ3n) is 4.55. The van der Waals surface area contributed by atoms with Gasteiger partial charge in [0.25, 0.3) is 5.91 Å². The van der Waals surface area contributed by atoms with Crippen LogP contribution in [0.25, 0.3) is 22.5 Å². The Kier molecular flexibility index (Phi) is 5.14. The second-order valence-electron chi connectivity index (χ2n) is 6.99. The second-order valence-corrected chi connectivity index (χ2v) is 6.99. The predicted molar refractivity (Wildman–Crippen MR) is 110 cm³/mol. The van der Waals surface area contributed by atoms with E-state index in [4.69, 9.17) is 0 Å². The molecule has 0 unspecified atom stereocenters. The quantitative estimate of drug-likeness (QED) is 0.544. The molecule has 0 atom stereocenters. The van der Waals surface area contributed by atoms with Crippen molar-refractivity contribution in [1.29, 1.82) is 5.26 Å². The number of nitrogens with one attached hydrogen (secondary N) is 1. The summed E-state index contributed by atoms with van der Waals surface area (Å²) >= 11 is 0. The van der Waals surface area contributed by atoms with Crippen LogP contribution < -0.4 is 5.32 Å². The van der Waals surface area contributed by atoms with Crippen LogP contribution in [0.1, 0.15) is 30.8 Å². The van der Waals surface area contributed by atoms with E-state index in [-0.39, 0.29) is 17.5 Å². The van der Waals surface area contributed by atoms with Gasteiger partial charge in [0.15, 0.2) is 0 Å². The van der Waals surface area contributed by atoms with E-state index in [0.717, 1.165) is 22.6 Å². The maximum Gasteiger partial charge on any atom is 0.262 e. The van der Waals surface area contributed by atoms with Gasteiger partial charge < -0.3 is 9.88 Å². The minimum absolute atomic E-state index is 0.0146. The topological polar surface area (TPSA) is 57.8 Å². The smallest absolute Gasteiger partial charge is 0.262 e. The van der Waals surface area contributed by atoms with E-state index in [9.17, 15) is 10.1 Å². The Balaban J connectivity index is 2.05. The highest BCUT2D eigenvalue weighted by atomic mass is 16.1. The van der Waals surface area contributed by atoms with Crippen molar-refractivity contribution in [2.75, 3.05) is 0 Å². The minimum Gasteiger partial charge on any atom is -0.349 e. The molecule has 1 amide bonds. The predicted octanol–water partition coefficient (Wildman–Crippen LogP) is 4.68. The van der Waals surface area contributed by atoms with Gasteiger partial charge in [-0.2, -0.15) is 5.26 Å². The molecule has 1 heterocycles. The molecule has 0 aliphatic heterocycles. The molecule has 1 aromatic heterocycles. The summed E-state index contributed by atoms with van der Waals surface area (Å²) in [6.07, 6.45) is 1.66. The Morgan fingerprint density at radius 2 is 1.81 bits per heavy atom. The van der Waals surface area contributed by atoms with Gasteiger partial charge >= 0.3 is 0 Å². The van der Waals surface area contributed by atoms with E-state index in [1.54, 1.807) is 6.08 Å². The van der Waals surface area contributed by atoms with Crippen LogP contribution in [0.15, 0.2) is 54.1 Å². The lowest BCUT2D eigenvalue weighted by atomic mass is 10.1. The van der Waals surface area contributed by atoms with E-state index >= 15 is 0 Å². The van der Waals surface area contributed by atoms with Crippen molar-refractivity contribution < 1.29 is 4.79 Å². The lowest BCUT2D eigenvalue weighted by Crippen LogP contribution is -2.30. The summed E-state index contributed by atoms with van der Waals surface area (Å²) in [5, 5.41) is 14.5. The van der Waals surface area contributed by atoms with Crippen molar-refractivity contribution in [1.82, 2.24) is 9.88 Å². The molecule has 0 fully saturated rings. The third kappa shape index (κ3) is 3.78. The van der Waals surface area contributed by atoms with Crippen molar-refractivity contribution in [3.8, 4) is 11.8 Å². The zero-order valence-electron chi connectivity index (χ0n) is 16.1. The van der Waals surface area contributed by atoms with E-state index in [0.29, 0.717) is 0 Å². The molecule has 27 heavy (non-hydrogen) atoms. The number of hydrogen-bond donors (Lipinski definition) is 1. The van der Waals surface area contributed by atoms with Crippen LogP contribution in [-0.2, 0) is 4.79 Å². The first kappa shape index (κ1) is 18.5. The lowest BCUT2D eigenvalue weighted by Gasteiger charge is -2.11. The number of fused-ring (bicyclic) bond motifs is 1. The maximum atomic E-state index is 12.2. The highest BCUT2D eigenvalue weighted by Gasteiger charge is 2.14. The molecule has 0 bridgehead atoms. The first-order valence-electron chi connectivity index (χ1n) is 9.01. The average molecular weight is 357 g/mol. The summed E-state index contributed by atoms with van der Waals surface area (Å²) in [5.74, 6) is -0.344. The summed E-state index contributed by atoms with van der Waals surface area (Å²) in [5.41, 5.74) is 4.09. The van der Waals surface area contributed by atoms with Gasteiger partial charge in [-0.3, -0.25) is 4.79 Å². The number of nitriles is 1. The van der Waals surface area contributed by atoms with Crippen molar-refractivity contribution in [2.45, 2.75) is 33.7 Å². The van der Waals surface area contributed by atoms with Gasteiger partial charge in [0, 0.05) is 23.1 Å². The number of hydrogen-bond acceptors (Lipinski definition) is 2. The molecule has 0 aliphatic carbocycles. The van der Waals surface area contributed by atoms with Crippen molar-refractivity contribution in [2.24, 2.45) is 0 Å². The number of rotatable bonds is 4. The Labute approximate surface area is 159 Å². The molecule has 4 heteroatoms. The Morgan fingerprint density at radius 1 is 1.11 bits per heavy atom. The van der Waals surface area contributed by atoms with Crippen LogP contribution in [0.4, 0.5) is 0 Å². The van der Waals surface area contributed by atoms with Crippen LogP contribution in [-0.4, -0.2) is 16.5 Å². The van der Waals surface area contributed by atoms with E-state index in [2.05, 4.69) is 40.2 Å². The average Bonchev–Trinajstić information content (AvgIpc) is 2.92. The van der Waals surface area contributed by atoms with Gasteiger partial charge in [-0.15, -0.1) is 0 Å². The summed E-state index contributed by atoms with van der Waals surface area (Å²) in [6.45, 7) is 7.78. The molecular formula is C23H23N3O. The minimum atomic E-state index is -0.344. The summed E-state index contributed by atoms with van der Waals surface area (Å²) in [6, 6.07) is 18.6. The van der Waals surface area contributed by atoms with E-state index in [1.807, 2.05) is 52.0 Å². The molecule has 3 rings (SSSR count). The van der Waals surface area contributed by atoms with Crippen molar-refractivity contribution >= 4 is 22.8 Å². The Morgan fingerprint density at radius 3 is 2.48 bits per heavy atom. The van der Waals surface area contributed by atoms with Crippen LogP contribution >= 0.6 is 0 Å². The highest BCUT2D eigenvalue weighted by Crippen LogP contribution is 2.25. The summed E-state index contributed by atoms with van der Waals surface area (Å²) in [4.78, 5) is 12.2. The maximum absolute atomic E-state index is 12.2. The van der Waals surface area contributed by atoms with Crippen LogP contribution in [0.5, 0.6) is 0 Å². The first-order chi connectivity index (χ1) is 12.9. The molecule has 4 nitrogen and oxygen atoms in total. The highest BCUT2D eigenvalue weighted by molar-refractivity contribution is 6.02. The molecule has 0 radical (unpaired) electrons. The fourth-order valence-electron chi connectivity index (χ4n) is 3.29. The monoisotopic (exact) mass is 357 g/mol. The third-order valence-corrected chi connectivity index (χ3v) is 4.55. The number of carbonyl (C=O) groups is 1. The van der Waals surface area contributed by atoms with Crippen LogP contribution in [0.2, 0.25) is 0 Å². The fourth-order valence-corrected chi connectivity index (χ4v) is 3.29. The van der Waals surface area contributed by atoms with Gasteiger partial charge in [-0.1, -0.05) is 30.3 Å². The number of aryl methyl sites for hydroxylation is 1. The van der Waals surface area contributed by atoms with Crippen LogP contribution in [0.3, 0.4) is 0 Å². The molecule has 2 aromatic carbocycles. The van der Waals surface area contributed by atoms with Gasteiger partial charge in [-0.25, -0.2) is 0 Å². The number of benzene rings is 2. The van der Waals surface area contributed by atoms with Crippen LogP contribution in [0, 0.1) is 25.2 Å². The number of nitrogens with zero attached hydrogens (tertiary/aromatic N) is 2. The lowest BCUT2D eigenvalue weighted by molar-refractivity contribution is -0.117. The molecule has 0 saturated carbocycles. The van der Waals surface area contributed by atoms with Crippen molar-refractivity contribution in [3.05, 3.63) is 71.1 Å². The molecule has 0 saturated heterocycles. The van der Waals surface area contributed by atoms with Crippen molar-refractivity contribution in [3.63, 3.8) is 0 Å². The van der Waals surface area contributed by atoms with Gasteiger partial charge in [0.05, 0.1) is 0 Å². The Hall–Kier alpha value is -3.32. The molecular weight excluding hydrogens is 334 g/mol. The zero-order chi connectivity index (χ0) is 19.6. The zero-order valence-corrected chi connectivity index (χ0v) is 16.1. The van der Waals surface area contributed by atoms with Gasteiger partial charge in [0.2, 0.25) is 0 Å². The molecule has 0 spiro atoms. The molecule has 3 aromatic rings. The number of amides is 1. The van der Waals surface area contributed by atoms with E-state index < -0.39 is 0 Å². The van der Waals surface area contributed by atoms with Gasteiger partial charge in [-0.05, 0) is 68.3 Å². The van der Waals surface area contributed by atoms with Gasteiger partial charge in [0.1, 0.15) is 11.6 Å². The van der Waals surface area contributed by atoms with E-state index in [1.165, 1.54) is 10.8 Å². The largest absolute Gasteiger partial charge is 0.349 e. The fraction of sp³-hybridized carbons (Fsp3) is 0.217. The second kappa shape index (κ2) is 7.51. The molecule has 136 valence electrons. The standard InChI is InChI=1S/C23H23N3O/c1-15(2)25-23(27)21(14-24)12-20-11-16(3)26(17(20)4)22-10-9-18-7-5-6-8-19(18)13-22/h5-13,15H,1-4H3,(H,25,27)/b21-12+. The summed E-state index contributed by atoms with van der Waals surface area (Å²) in [7, 11) is 0. The number of carbonyl (C=O) groups excluding carboxylic acids is 1. The normalized spacial score (nSPS) is 11.6.